The Bertz CT molecular complexity index is 682. The molecule has 7 nitrogen and oxygen atoms in total. The molecule has 0 saturated heterocycles. The topological polar surface area (TPSA) is 124 Å². The van der Waals surface area contributed by atoms with Gasteiger partial charge in [-0.25, -0.2) is 0 Å². The standard InChI is InChI=1S/C30H59NO6S/c1-3-5-7-9-11-12-13-14-15-16-17-19-21-23-25-29(33)30(34)31-27(26-38(35,36)37)28(32)24-22-20-18-10-8-6-4-2/h12-13,27-29,32-33H,3-11,14-26H2,1-2H3,(H,31,34)(H,35,36,37)/b13-12-. The molecule has 0 aliphatic rings. The first-order valence-electron chi connectivity index (χ1n) is 15.5. The fourth-order valence-corrected chi connectivity index (χ4v) is 5.39. The highest BCUT2D eigenvalue weighted by molar-refractivity contribution is 7.85. The summed E-state index contributed by atoms with van der Waals surface area (Å²) in [6.07, 6.45) is 24.0. The van der Waals surface area contributed by atoms with Gasteiger partial charge in [-0.05, 0) is 38.5 Å². The Kier molecular flexibility index (Phi) is 24.4. The van der Waals surface area contributed by atoms with Crippen LogP contribution in [0.25, 0.3) is 0 Å². The molecule has 0 aromatic rings. The third-order valence-electron chi connectivity index (χ3n) is 7.08. The maximum absolute atomic E-state index is 12.4. The Balaban J connectivity index is 4.11. The summed E-state index contributed by atoms with van der Waals surface area (Å²) in [7, 11) is -4.39. The highest BCUT2D eigenvalue weighted by Crippen LogP contribution is 2.14. The van der Waals surface area contributed by atoms with Crippen LogP contribution in [-0.2, 0) is 14.9 Å². The van der Waals surface area contributed by atoms with Crippen molar-refractivity contribution in [1.29, 1.82) is 0 Å². The lowest BCUT2D eigenvalue weighted by atomic mass is 10.0. The van der Waals surface area contributed by atoms with Gasteiger partial charge in [0.2, 0.25) is 5.91 Å². The molecule has 0 bridgehead atoms. The molecule has 0 heterocycles. The normalized spacial score (nSPS) is 14.6. The largest absolute Gasteiger partial charge is 0.391 e. The number of allylic oxidation sites excluding steroid dienone is 2. The number of aliphatic hydroxyl groups excluding tert-OH is 2. The second-order valence-electron chi connectivity index (χ2n) is 10.9. The number of carbonyl (C=O) groups excluding carboxylic acids is 1. The summed E-state index contributed by atoms with van der Waals surface area (Å²) in [5.41, 5.74) is 0. The summed E-state index contributed by atoms with van der Waals surface area (Å²) >= 11 is 0. The van der Waals surface area contributed by atoms with Gasteiger partial charge in [0.25, 0.3) is 10.1 Å². The molecule has 0 radical (unpaired) electrons. The van der Waals surface area contributed by atoms with E-state index in [1.807, 2.05) is 0 Å². The molecule has 226 valence electrons. The minimum atomic E-state index is -4.39. The van der Waals surface area contributed by atoms with E-state index in [4.69, 9.17) is 0 Å². The van der Waals surface area contributed by atoms with Crippen molar-refractivity contribution in [1.82, 2.24) is 5.32 Å². The zero-order chi connectivity index (χ0) is 28.5. The van der Waals surface area contributed by atoms with Crippen LogP contribution in [0.3, 0.4) is 0 Å². The van der Waals surface area contributed by atoms with E-state index in [1.165, 1.54) is 64.2 Å². The zero-order valence-electron chi connectivity index (χ0n) is 24.4. The second-order valence-corrected chi connectivity index (χ2v) is 12.4. The average Bonchev–Trinajstić information content (AvgIpc) is 2.86. The van der Waals surface area contributed by atoms with E-state index in [1.54, 1.807) is 0 Å². The van der Waals surface area contributed by atoms with E-state index < -0.39 is 40.0 Å². The molecular formula is C30H59NO6S. The number of unbranched alkanes of at least 4 members (excludes halogenated alkanes) is 16. The van der Waals surface area contributed by atoms with Crippen molar-refractivity contribution in [2.75, 3.05) is 5.75 Å². The Morgan fingerprint density at radius 3 is 1.61 bits per heavy atom. The third-order valence-corrected chi connectivity index (χ3v) is 7.86. The molecule has 0 aliphatic heterocycles. The van der Waals surface area contributed by atoms with Gasteiger partial charge in [-0.15, -0.1) is 0 Å². The molecule has 0 rings (SSSR count). The van der Waals surface area contributed by atoms with E-state index in [2.05, 4.69) is 31.3 Å². The number of carbonyl (C=O) groups is 1. The maximum atomic E-state index is 12.4. The fraction of sp³-hybridized carbons (Fsp3) is 0.900. The summed E-state index contributed by atoms with van der Waals surface area (Å²) < 4.78 is 32.1. The van der Waals surface area contributed by atoms with Crippen LogP contribution in [0, 0.1) is 0 Å². The van der Waals surface area contributed by atoms with Crippen LogP contribution in [-0.4, -0.2) is 53.1 Å². The van der Waals surface area contributed by atoms with Gasteiger partial charge < -0.3 is 15.5 Å². The molecular weight excluding hydrogens is 502 g/mol. The van der Waals surface area contributed by atoms with Gasteiger partial charge in [0.15, 0.2) is 0 Å². The Morgan fingerprint density at radius 1 is 0.684 bits per heavy atom. The highest BCUT2D eigenvalue weighted by atomic mass is 32.2. The van der Waals surface area contributed by atoms with Gasteiger partial charge in [-0.2, -0.15) is 8.42 Å². The van der Waals surface area contributed by atoms with Crippen LogP contribution in [0.15, 0.2) is 12.2 Å². The van der Waals surface area contributed by atoms with Gasteiger partial charge in [-0.1, -0.05) is 122 Å². The molecule has 3 unspecified atom stereocenters. The minimum absolute atomic E-state index is 0.291. The Morgan fingerprint density at radius 2 is 1.11 bits per heavy atom. The lowest BCUT2D eigenvalue weighted by Gasteiger charge is -2.24. The summed E-state index contributed by atoms with van der Waals surface area (Å²) in [5.74, 6) is -1.46. The molecule has 0 fully saturated rings. The Labute approximate surface area is 234 Å². The smallest absolute Gasteiger partial charge is 0.266 e. The van der Waals surface area contributed by atoms with Crippen LogP contribution in [0.5, 0.6) is 0 Å². The number of hydrogen-bond donors (Lipinski definition) is 4. The van der Waals surface area contributed by atoms with Gasteiger partial charge in [0, 0.05) is 0 Å². The van der Waals surface area contributed by atoms with Crippen LogP contribution in [0.2, 0.25) is 0 Å². The van der Waals surface area contributed by atoms with E-state index >= 15 is 0 Å². The first-order chi connectivity index (χ1) is 18.2. The minimum Gasteiger partial charge on any atom is -0.391 e. The van der Waals surface area contributed by atoms with Crippen molar-refractivity contribution in [2.45, 2.75) is 167 Å². The fourth-order valence-electron chi connectivity index (χ4n) is 4.63. The highest BCUT2D eigenvalue weighted by Gasteiger charge is 2.28. The van der Waals surface area contributed by atoms with E-state index in [0.29, 0.717) is 25.7 Å². The maximum Gasteiger partial charge on any atom is 0.266 e. The van der Waals surface area contributed by atoms with E-state index in [9.17, 15) is 28.0 Å². The van der Waals surface area contributed by atoms with Gasteiger partial charge in [-0.3, -0.25) is 9.35 Å². The van der Waals surface area contributed by atoms with Gasteiger partial charge >= 0.3 is 0 Å². The summed E-state index contributed by atoms with van der Waals surface area (Å²) in [4.78, 5) is 12.4. The molecule has 0 aromatic carbocycles. The quantitative estimate of drug-likeness (QED) is 0.0493. The molecule has 3 atom stereocenters. The predicted molar refractivity (Wildman–Crippen MR) is 158 cm³/mol. The molecule has 0 spiro atoms. The second kappa shape index (κ2) is 25.0. The van der Waals surface area contributed by atoms with Crippen molar-refractivity contribution in [3.63, 3.8) is 0 Å². The van der Waals surface area contributed by atoms with Crippen molar-refractivity contribution in [3.05, 3.63) is 12.2 Å². The van der Waals surface area contributed by atoms with Gasteiger partial charge in [0.05, 0.1) is 17.9 Å². The third kappa shape index (κ3) is 24.1. The lowest BCUT2D eigenvalue weighted by Crippen LogP contribution is -2.50. The predicted octanol–water partition coefficient (Wildman–Crippen LogP) is 6.87. The number of rotatable bonds is 27. The number of aliphatic hydroxyl groups is 2. The van der Waals surface area contributed by atoms with Crippen molar-refractivity contribution in [2.24, 2.45) is 0 Å². The molecule has 8 heteroatoms. The van der Waals surface area contributed by atoms with Crippen LogP contribution >= 0.6 is 0 Å². The molecule has 1 amide bonds. The van der Waals surface area contributed by atoms with Crippen LogP contribution in [0.4, 0.5) is 0 Å². The zero-order valence-corrected chi connectivity index (χ0v) is 25.2. The summed E-state index contributed by atoms with van der Waals surface area (Å²) in [5, 5.41) is 23.2. The van der Waals surface area contributed by atoms with Crippen LogP contribution < -0.4 is 5.32 Å². The van der Waals surface area contributed by atoms with Gasteiger partial charge in [0.1, 0.15) is 6.10 Å². The van der Waals surface area contributed by atoms with E-state index in [-0.39, 0.29) is 0 Å². The number of amides is 1. The van der Waals surface area contributed by atoms with Crippen LogP contribution in [0.1, 0.15) is 149 Å². The monoisotopic (exact) mass is 561 g/mol. The SMILES string of the molecule is CCCCCC/C=C\CCCCCCCCC(O)C(=O)NC(CS(=O)(=O)O)C(O)CCCCCCCCC. The number of hydrogen-bond acceptors (Lipinski definition) is 5. The molecule has 0 aliphatic carbocycles. The first-order valence-corrected chi connectivity index (χ1v) is 17.1. The lowest BCUT2D eigenvalue weighted by molar-refractivity contribution is -0.131. The van der Waals surface area contributed by atoms with Crippen molar-refractivity contribution in [3.8, 4) is 0 Å². The number of nitrogens with one attached hydrogen (secondary N) is 1. The molecule has 0 aromatic heterocycles. The van der Waals surface area contributed by atoms with Crippen molar-refractivity contribution >= 4 is 16.0 Å². The molecule has 0 saturated carbocycles. The molecule has 4 N–H and O–H groups in total. The first kappa shape index (κ1) is 37.0. The Hall–Kier alpha value is -0.960. The summed E-state index contributed by atoms with van der Waals surface area (Å²) in [6.45, 7) is 4.39. The van der Waals surface area contributed by atoms with E-state index in [0.717, 1.165) is 44.9 Å². The average molecular weight is 562 g/mol. The summed E-state index contributed by atoms with van der Waals surface area (Å²) in [6, 6.07) is -1.14. The van der Waals surface area contributed by atoms with Crippen molar-refractivity contribution < 1.29 is 28.0 Å². The molecule has 38 heavy (non-hydrogen) atoms.